The van der Waals surface area contributed by atoms with Crippen LogP contribution in [0.2, 0.25) is 0 Å². The predicted octanol–water partition coefficient (Wildman–Crippen LogP) is 1.05. The molecule has 18 heavy (non-hydrogen) atoms. The molecule has 0 aliphatic carbocycles. The molecule has 2 saturated heterocycles. The van der Waals surface area contributed by atoms with E-state index in [1.54, 1.807) is 19.1 Å². The molecule has 1 aromatic rings. The molecule has 0 amide bonds. The van der Waals surface area contributed by atoms with Gasteiger partial charge in [-0.2, -0.15) is 0 Å². The Morgan fingerprint density at radius 3 is 2.89 bits per heavy atom. The molecule has 0 aromatic heterocycles. The smallest absolute Gasteiger partial charge is 0.199 e. The molecule has 5 heteroatoms. The minimum absolute atomic E-state index is 0.177. The van der Waals surface area contributed by atoms with Crippen LogP contribution < -0.4 is 0 Å². The first-order valence-corrected chi connectivity index (χ1v) is 5.89. The van der Waals surface area contributed by atoms with Crippen molar-refractivity contribution in [1.29, 1.82) is 0 Å². The van der Waals surface area contributed by atoms with Gasteiger partial charge in [-0.05, 0) is 24.1 Å². The summed E-state index contributed by atoms with van der Waals surface area (Å²) in [6.07, 6.45) is -0.449. The third-order valence-corrected chi connectivity index (χ3v) is 3.71. The fourth-order valence-electron chi connectivity index (χ4n) is 2.70. The second-order valence-electron chi connectivity index (χ2n) is 5.16. The molecule has 1 aromatic carbocycles. The molecule has 2 N–H and O–H groups in total. The quantitative estimate of drug-likeness (QED) is 0.828. The third kappa shape index (κ3) is 1.59. The summed E-state index contributed by atoms with van der Waals surface area (Å²) in [6.45, 7) is 1.63. The van der Waals surface area contributed by atoms with Crippen LogP contribution >= 0.6 is 0 Å². The molecule has 0 unspecified atom stereocenters. The molecule has 4 nitrogen and oxygen atoms in total. The first-order valence-electron chi connectivity index (χ1n) is 5.89. The van der Waals surface area contributed by atoms with Crippen LogP contribution in [-0.2, 0) is 9.47 Å². The van der Waals surface area contributed by atoms with Crippen LogP contribution in [0.5, 0.6) is 0 Å². The van der Waals surface area contributed by atoms with Gasteiger partial charge in [-0.15, -0.1) is 0 Å². The van der Waals surface area contributed by atoms with Crippen molar-refractivity contribution in [3.05, 3.63) is 35.1 Å². The van der Waals surface area contributed by atoms with E-state index in [0.29, 0.717) is 11.1 Å². The molecule has 3 rings (SSSR count). The van der Waals surface area contributed by atoms with E-state index in [2.05, 4.69) is 0 Å². The summed E-state index contributed by atoms with van der Waals surface area (Å²) in [7, 11) is 0. The lowest BCUT2D eigenvalue weighted by Gasteiger charge is -2.32. The van der Waals surface area contributed by atoms with Crippen molar-refractivity contribution in [2.24, 2.45) is 0 Å². The van der Waals surface area contributed by atoms with Crippen LogP contribution in [0.25, 0.3) is 0 Å². The van der Waals surface area contributed by atoms with Gasteiger partial charge in [0.05, 0.1) is 13.2 Å². The van der Waals surface area contributed by atoms with Crippen molar-refractivity contribution in [3.8, 4) is 0 Å². The lowest BCUT2D eigenvalue weighted by Crippen LogP contribution is -2.40. The molecule has 3 atom stereocenters. The lowest BCUT2D eigenvalue weighted by atomic mass is 9.97. The summed E-state index contributed by atoms with van der Waals surface area (Å²) in [5, 5.41) is 19.7. The standard InChI is InChI=1S/C13H15FO4/c1-8-4-9(2-3-10(8)14)11-13(16)5-12(6-15,18-11)7-17-13/h2-4,11,15-16H,5-7H2,1H3/t11-,12-,13+/m0/s1. The zero-order valence-electron chi connectivity index (χ0n) is 10.0. The number of hydrogen-bond donors (Lipinski definition) is 2. The van der Waals surface area contributed by atoms with Crippen LogP contribution in [-0.4, -0.2) is 34.8 Å². The van der Waals surface area contributed by atoms with Gasteiger partial charge < -0.3 is 19.7 Å². The molecule has 2 fully saturated rings. The average molecular weight is 254 g/mol. The highest BCUT2D eigenvalue weighted by molar-refractivity contribution is 5.29. The van der Waals surface area contributed by atoms with E-state index in [1.165, 1.54) is 6.07 Å². The topological polar surface area (TPSA) is 58.9 Å². The highest BCUT2D eigenvalue weighted by atomic mass is 19.1. The minimum Gasteiger partial charge on any atom is -0.393 e. The fraction of sp³-hybridized carbons (Fsp3) is 0.538. The Bertz CT molecular complexity index is 492. The Labute approximate surface area is 104 Å². The van der Waals surface area contributed by atoms with Crippen LogP contribution in [0, 0.1) is 12.7 Å². The third-order valence-electron chi connectivity index (χ3n) is 3.71. The van der Waals surface area contributed by atoms with Crippen LogP contribution in [0.15, 0.2) is 18.2 Å². The van der Waals surface area contributed by atoms with E-state index in [4.69, 9.17) is 9.47 Å². The van der Waals surface area contributed by atoms with Gasteiger partial charge in [0.15, 0.2) is 5.79 Å². The number of ether oxygens (including phenoxy) is 2. The normalized spacial score (nSPS) is 38.3. The predicted molar refractivity (Wildman–Crippen MR) is 60.3 cm³/mol. The van der Waals surface area contributed by atoms with Gasteiger partial charge in [0.2, 0.25) is 0 Å². The van der Waals surface area contributed by atoms with Crippen molar-refractivity contribution in [3.63, 3.8) is 0 Å². The summed E-state index contributed by atoms with van der Waals surface area (Å²) >= 11 is 0. The average Bonchev–Trinajstić information content (AvgIpc) is 2.84. The molecule has 98 valence electrons. The van der Waals surface area contributed by atoms with E-state index in [-0.39, 0.29) is 25.5 Å². The number of aliphatic hydroxyl groups is 2. The number of benzene rings is 1. The molecule has 2 aliphatic heterocycles. The first kappa shape index (κ1) is 12.0. The van der Waals surface area contributed by atoms with Crippen molar-refractivity contribution >= 4 is 0 Å². The molecule has 0 spiro atoms. The summed E-state index contributed by atoms with van der Waals surface area (Å²) in [6, 6.07) is 4.54. The Morgan fingerprint density at radius 2 is 2.28 bits per heavy atom. The summed E-state index contributed by atoms with van der Waals surface area (Å²) in [5.74, 6) is -1.72. The van der Waals surface area contributed by atoms with Crippen molar-refractivity contribution in [1.82, 2.24) is 0 Å². The van der Waals surface area contributed by atoms with Gasteiger partial charge >= 0.3 is 0 Å². The number of halogens is 1. The van der Waals surface area contributed by atoms with E-state index in [1.807, 2.05) is 0 Å². The largest absolute Gasteiger partial charge is 0.393 e. The van der Waals surface area contributed by atoms with E-state index in [0.717, 1.165) is 0 Å². The fourth-order valence-corrected chi connectivity index (χ4v) is 2.70. The Morgan fingerprint density at radius 1 is 1.50 bits per heavy atom. The van der Waals surface area contributed by atoms with Gasteiger partial charge in [-0.25, -0.2) is 4.39 Å². The van der Waals surface area contributed by atoms with Crippen LogP contribution in [0.3, 0.4) is 0 Å². The Balaban J connectivity index is 1.96. The van der Waals surface area contributed by atoms with E-state index in [9.17, 15) is 14.6 Å². The highest BCUT2D eigenvalue weighted by Crippen LogP contribution is 2.52. The van der Waals surface area contributed by atoms with Crippen molar-refractivity contribution < 1.29 is 24.1 Å². The lowest BCUT2D eigenvalue weighted by molar-refractivity contribution is -0.268. The molecule has 2 heterocycles. The van der Waals surface area contributed by atoms with E-state index >= 15 is 0 Å². The molecule has 0 radical (unpaired) electrons. The summed E-state index contributed by atoms with van der Waals surface area (Å²) in [4.78, 5) is 0. The van der Waals surface area contributed by atoms with Gasteiger partial charge in [-0.1, -0.05) is 12.1 Å². The van der Waals surface area contributed by atoms with Crippen LogP contribution in [0.4, 0.5) is 4.39 Å². The van der Waals surface area contributed by atoms with Gasteiger partial charge in [0.25, 0.3) is 0 Å². The van der Waals surface area contributed by atoms with Crippen LogP contribution in [0.1, 0.15) is 23.7 Å². The molecule has 0 saturated carbocycles. The maximum Gasteiger partial charge on any atom is 0.199 e. The summed E-state index contributed by atoms with van der Waals surface area (Å²) < 4.78 is 24.3. The number of hydrogen-bond acceptors (Lipinski definition) is 4. The second-order valence-corrected chi connectivity index (χ2v) is 5.16. The number of aliphatic hydroxyl groups excluding tert-OH is 1. The minimum atomic E-state index is -1.42. The molecule has 2 bridgehead atoms. The zero-order chi connectivity index (χ0) is 13.0. The first-order chi connectivity index (χ1) is 8.48. The van der Waals surface area contributed by atoms with Gasteiger partial charge in [0, 0.05) is 6.42 Å². The molecular weight excluding hydrogens is 239 g/mol. The Kier molecular flexibility index (Phi) is 2.50. The molecule has 2 aliphatic rings. The highest BCUT2D eigenvalue weighted by Gasteiger charge is 2.62. The number of aryl methyl sites for hydroxylation is 1. The van der Waals surface area contributed by atoms with Crippen molar-refractivity contribution in [2.45, 2.75) is 30.8 Å². The summed E-state index contributed by atoms with van der Waals surface area (Å²) in [5.41, 5.74) is 0.314. The zero-order valence-corrected chi connectivity index (χ0v) is 10.0. The van der Waals surface area contributed by atoms with E-state index < -0.39 is 17.5 Å². The number of fused-ring (bicyclic) bond motifs is 2. The maximum absolute atomic E-state index is 13.2. The van der Waals surface area contributed by atoms with Crippen molar-refractivity contribution in [2.75, 3.05) is 13.2 Å². The number of rotatable bonds is 2. The second kappa shape index (κ2) is 3.74. The monoisotopic (exact) mass is 254 g/mol. The molecular formula is C13H15FO4. The van der Waals surface area contributed by atoms with Gasteiger partial charge in [0.1, 0.15) is 17.5 Å². The Hall–Kier alpha value is -1.01. The van der Waals surface area contributed by atoms with Gasteiger partial charge in [-0.3, -0.25) is 0 Å². The maximum atomic E-state index is 13.2. The SMILES string of the molecule is Cc1cc([C@@H]2O[C@@]3(CO)CO[C@]2(O)C3)ccc1F.